The molecule has 24 heavy (non-hydrogen) atoms. The van der Waals surface area contributed by atoms with Crippen LogP contribution in [0.25, 0.3) is 10.9 Å². The fourth-order valence-corrected chi connectivity index (χ4v) is 3.57. The van der Waals surface area contributed by atoms with Gasteiger partial charge in [0, 0.05) is 41.9 Å². The fraction of sp³-hybridized carbons (Fsp3) is 0.190. The van der Waals surface area contributed by atoms with Gasteiger partial charge in [-0.05, 0) is 23.1 Å². The van der Waals surface area contributed by atoms with E-state index in [9.17, 15) is 9.90 Å². The summed E-state index contributed by atoms with van der Waals surface area (Å²) in [5.41, 5.74) is 3.78. The molecule has 0 unspecified atom stereocenters. The average molecular weight is 317 g/mol. The lowest BCUT2D eigenvalue weighted by atomic mass is 9.81. The molecule has 1 atom stereocenters. The van der Waals surface area contributed by atoms with E-state index in [0.29, 0.717) is 24.8 Å². The zero-order valence-electron chi connectivity index (χ0n) is 13.3. The van der Waals surface area contributed by atoms with Gasteiger partial charge in [-0.3, -0.25) is 4.79 Å². The quantitative estimate of drug-likeness (QED) is 0.737. The molecule has 3 heteroatoms. The van der Waals surface area contributed by atoms with E-state index in [1.54, 1.807) is 0 Å². The number of hydrogen-bond acceptors (Lipinski definition) is 2. The van der Waals surface area contributed by atoms with Crippen LogP contribution in [0.1, 0.15) is 29.9 Å². The number of aliphatic hydroxyl groups is 1. The summed E-state index contributed by atoms with van der Waals surface area (Å²) in [6, 6.07) is 18.0. The van der Waals surface area contributed by atoms with Gasteiger partial charge in [0.1, 0.15) is 0 Å². The Morgan fingerprint density at radius 2 is 1.75 bits per heavy atom. The van der Waals surface area contributed by atoms with Crippen LogP contribution in [-0.4, -0.2) is 15.9 Å². The second kappa shape index (κ2) is 6.00. The van der Waals surface area contributed by atoms with Gasteiger partial charge >= 0.3 is 0 Å². The van der Waals surface area contributed by atoms with Gasteiger partial charge in [0.2, 0.25) is 0 Å². The molecular formula is C21H19NO2. The van der Waals surface area contributed by atoms with Crippen molar-refractivity contribution in [3.05, 3.63) is 83.3 Å². The number of aromatic nitrogens is 1. The van der Waals surface area contributed by atoms with Crippen molar-refractivity contribution in [1.29, 1.82) is 0 Å². The first-order valence-electron chi connectivity index (χ1n) is 8.26. The summed E-state index contributed by atoms with van der Waals surface area (Å²) in [7, 11) is 0. The number of ketones is 1. The van der Waals surface area contributed by atoms with Crippen molar-refractivity contribution in [3.63, 3.8) is 0 Å². The minimum absolute atomic E-state index is 0.0536. The molecule has 0 fully saturated rings. The molecule has 0 radical (unpaired) electrons. The molecule has 0 spiro atoms. The Bertz CT molecular complexity index is 921. The smallest absolute Gasteiger partial charge is 0.163 e. The van der Waals surface area contributed by atoms with Crippen molar-refractivity contribution in [2.24, 2.45) is 0 Å². The highest BCUT2D eigenvalue weighted by Gasteiger charge is 2.28. The zero-order valence-corrected chi connectivity index (χ0v) is 13.3. The van der Waals surface area contributed by atoms with Crippen molar-refractivity contribution < 1.29 is 9.90 Å². The number of Topliss-reactive ketones (excluding diaryl/α,β-unsaturated/α-hetero) is 1. The summed E-state index contributed by atoms with van der Waals surface area (Å²) in [5.74, 6) is 0.369. The normalized spacial score (nSPS) is 18.3. The van der Waals surface area contributed by atoms with Gasteiger partial charge in [0.05, 0.1) is 5.76 Å². The number of aromatic amines is 1. The number of carbonyl (C=O) groups excluding carboxylic acids is 1. The van der Waals surface area contributed by atoms with E-state index in [4.69, 9.17) is 0 Å². The van der Waals surface area contributed by atoms with E-state index in [0.717, 1.165) is 22.0 Å². The third-order valence-corrected chi connectivity index (χ3v) is 4.87. The Kier molecular flexibility index (Phi) is 3.69. The Balaban J connectivity index is 1.62. The first-order chi connectivity index (χ1) is 11.7. The highest BCUT2D eigenvalue weighted by Crippen LogP contribution is 2.35. The lowest BCUT2D eigenvalue weighted by Gasteiger charge is -2.23. The number of nitrogens with one attached hydrogen (secondary N) is 1. The molecule has 0 bridgehead atoms. The molecule has 1 aliphatic carbocycles. The van der Waals surface area contributed by atoms with Crippen molar-refractivity contribution in [3.8, 4) is 0 Å². The van der Waals surface area contributed by atoms with Crippen LogP contribution in [0.3, 0.4) is 0 Å². The number of allylic oxidation sites excluding steroid dienone is 2. The second-order valence-corrected chi connectivity index (χ2v) is 6.40. The monoisotopic (exact) mass is 317 g/mol. The third kappa shape index (κ3) is 2.62. The molecular weight excluding hydrogens is 298 g/mol. The summed E-state index contributed by atoms with van der Waals surface area (Å²) in [5, 5.41) is 11.6. The molecule has 1 aliphatic rings. The lowest BCUT2D eigenvalue weighted by Crippen LogP contribution is -2.19. The SMILES string of the molecule is O=C1C[C@@H](c2ccccc2)CC(O)=C1Cc1c[nH]c2ccccc12. The fourth-order valence-electron chi connectivity index (χ4n) is 3.57. The van der Waals surface area contributed by atoms with Crippen LogP contribution in [0.4, 0.5) is 0 Å². The van der Waals surface area contributed by atoms with Gasteiger partial charge in [0.15, 0.2) is 5.78 Å². The maximum absolute atomic E-state index is 12.6. The van der Waals surface area contributed by atoms with Gasteiger partial charge in [-0.1, -0.05) is 48.5 Å². The van der Waals surface area contributed by atoms with Crippen LogP contribution in [0.5, 0.6) is 0 Å². The minimum Gasteiger partial charge on any atom is -0.512 e. The Morgan fingerprint density at radius 1 is 1.00 bits per heavy atom. The summed E-state index contributed by atoms with van der Waals surface area (Å²) in [4.78, 5) is 15.8. The minimum atomic E-state index is 0.0536. The van der Waals surface area contributed by atoms with Crippen molar-refractivity contribution in [1.82, 2.24) is 4.98 Å². The molecule has 0 saturated carbocycles. The van der Waals surface area contributed by atoms with Gasteiger partial charge in [-0.15, -0.1) is 0 Å². The zero-order chi connectivity index (χ0) is 16.5. The van der Waals surface area contributed by atoms with Crippen LogP contribution >= 0.6 is 0 Å². The molecule has 3 nitrogen and oxygen atoms in total. The van der Waals surface area contributed by atoms with Crippen LogP contribution < -0.4 is 0 Å². The second-order valence-electron chi connectivity index (χ2n) is 6.40. The molecule has 0 aliphatic heterocycles. The number of H-pyrrole nitrogens is 1. The van der Waals surface area contributed by atoms with Crippen LogP contribution in [0.15, 0.2) is 72.1 Å². The lowest BCUT2D eigenvalue weighted by molar-refractivity contribution is -0.116. The first-order valence-corrected chi connectivity index (χ1v) is 8.26. The van der Waals surface area contributed by atoms with Crippen LogP contribution in [0, 0.1) is 0 Å². The van der Waals surface area contributed by atoms with Crippen molar-refractivity contribution in [2.75, 3.05) is 0 Å². The number of aliphatic hydroxyl groups excluding tert-OH is 1. The average Bonchev–Trinajstić information content (AvgIpc) is 3.02. The van der Waals surface area contributed by atoms with E-state index in [1.165, 1.54) is 0 Å². The molecule has 4 rings (SSSR count). The standard InChI is InChI=1S/C21H19NO2/c23-20-11-15(14-6-2-1-3-7-14)12-21(24)18(20)10-16-13-22-19-9-5-4-8-17(16)19/h1-9,13,15,22-23H,10-12H2/t15-/m0/s1. The predicted molar refractivity (Wildman–Crippen MR) is 95.1 cm³/mol. The highest BCUT2D eigenvalue weighted by atomic mass is 16.3. The highest BCUT2D eigenvalue weighted by molar-refractivity contribution is 5.98. The van der Waals surface area contributed by atoms with E-state index in [-0.39, 0.29) is 17.5 Å². The van der Waals surface area contributed by atoms with Gasteiger partial charge in [-0.2, -0.15) is 0 Å². The largest absolute Gasteiger partial charge is 0.512 e. The van der Waals surface area contributed by atoms with E-state index in [2.05, 4.69) is 4.98 Å². The molecule has 0 amide bonds. The van der Waals surface area contributed by atoms with Gasteiger partial charge < -0.3 is 10.1 Å². The number of para-hydroxylation sites is 1. The maximum Gasteiger partial charge on any atom is 0.163 e. The van der Waals surface area contributed by atoms with Gasteiger partial charge in [0.25, 0.3) is 0 Å². The Hall–Kier alpha value is -2.81. The van der Waals surface area contributed by atoms with E-state index < -0.39 is 0 Å². The Morgan fingerprint density at radius 3 is 2.54 bits per heavy atom. The predicted octanol–water partition coefficient (Wildman–Crippen LogP) is 4.67. The summed E-state index contributed by atoms with van der Waals surface area (Å²) < 4.78 is 0. The maximum atomic E-state index is 12.6. The molecule has 0 saturated heterocycles. The summed E-state index contributed by atoms with van der Waals surface area (Å²) >= 11 is 0. The topological polar surface area (TPSA) is 53.1 Å². The number of fused-ring (bicyclic) bond motifs is 1. The summed E-state index contributed by atoms with van der Waals surface area (Å²) in [6.45, 7) is 0. The van der Waals surface area contributed by atoms with E-state index >= 15 is 0 Å². The molecule has 1 aromatic heterocycles. The number of carbonyl (C=O) groups is 1. The van der Waals surface area contributed by atoms with E-state index in [1.807, 2.05) is 60.8 Å². The van der Waals surface area contributed by atoms with Gasteiger partial charge in [-0.25, -0.2) is 0 Å². The molecule has 1 heterocycles. The number of rotatable bonds is 3. The van der Waals surface area contributed by atoms with Crippen molar-refractivity contribution in [2.45, 2.75) is 25.2 Å². The molecule has 120 valence electrons. The number of hydrogen-bond donors (Lipinski definition) is 2. The van der Waals surface area contributed by atoms with Crippen molar-refractivity contribution >= 4 is 16.7 Å². The Labute approximate surface area is 140 Å². The van der Waals surface area contributed by atoms with Crippen LogP contribution in [0.2, 0.25) is 0 Å². The first kappa shape index (κ1) is 14.8. The molecule has 2 N–H and O–H groups in total. The third-order valence-electron chi connectivity index (χ3n) is 4.87. The molecule has 3 aromatic rings. The summed E-state index contributed by atoms with van der Waals surface area (Å²) in [6.07, 6.45) is 3.41. The molecule has 2 aromatic carbocycles. The number of benzene rings is 2. The van der Waals surface area contributed by atoms with Crippen LogP contribution in [-0.2, 0) is 11.2 Å².